The first-order valence-electron chi connectivity index (χ1n) is 7.77. The molecule has 0 atom stereocenters. The van der Waals surface area contributed by atoms with Crippen molar-refractivity contribution in [1.29, 1.82) is 0 Å². The van der Waals surface area contributed by atoms with E-state index in [0.717, 1.165) is 35.1 Å². The van der Waals surface area contributed by atoms with E-state index in [1.165, 1.54) is 11.0 Å². The number of nitrogens with one attached hydrogen (secondary N) is 1. The number of ether oxygens (including phenoxy) is 2. The zero-order chi connectivity index (χ0) is 15.4. The zero-order valence-electron chi connectivity index (χ0n) is 12.7. The largest absolute Gasteiger partial charge is 0.454 e. The Morgan fingerprint density at radius 1 is 1.13 bits per heavy atom. The highest BCUT2D eigenvalue weighted by Gasteiger charge is 2.21. The second kappa shape index (κ2) is 4.52. The van der Waals surface area contributed by atoms with Crippen molar-refractivity contribution in [2.45, 2.75) is 13.5 Å². The molecule has 3 heterocycles. The number of nitrogens with zero attached hydrogens (tertiary/aromatic N) is 2. The fourth-order valence-electron chi connectivity index (χ4n) is 3.33. The Morgan fingerprint density at radius 2 is 2.00 bits per heavy atom. The lowest BCUT2D eigenvalue weighted by Crippen LogP contribution is -2.32. The van der Waals surface area contributed by atoms with Gasteiger partial charge in [0.15, 0.2) is 11.5 Å². The van der Waals surface area contributed by atoms with Gasteiger partial charge in [0.05, 0.1) is 6.54 Å². The van der Waals surface area contributed by atoms with Gasteiger partial charge in [-0.2, -0.15) is 4.40 Å². The quantitative estimate of drug-likeness (QED) is 0.578. The molecule has 4 aromatic rings. The summed E-state index contributed by atoms with van der Waals surface area (Å²) in [5.74, 6) is 2.69. The molecule has 0 unspecified atom stereocenters. The van der Waals surface area contributed by atoms with Crippen molar-refractivity contribution in [2.24, 2.45) is 0 Å². The molecular weight excluding hydrogens is 290 g/mol. The van der Waals surface area contributed by atoms with Gasteiger partial charge in [0, 0.05) is 5.56 Å². The lowest BCUT2D eigenvalue weighted by Gasteiger charge is -1.98. The molecule has 0 bridgehead atoms. The van der Waals surface area contributed by atoms with Crippen LogP contribution in [0.2, 0.25) is 0 Å². The van der Waals surface area contributed by atoms with E-state index in [1.807, 2.05) is 12.1 Å². The highest BCUT2D eigenvalue weighted by Crippen LogP contribution is 2.35. The van der Waals surface area contributed by atoms with Crippen LogP contribution in [0.1, 0.15) is 6.92 Å². The number of aromatic amines is 1. The van der Waals surface area contributed by atoms with E-state index in [9.17, 15) is 0 Å². The van der Waals surface area contributed by atoms with E-state index in [-0.39, 0.29) is 0 Å². The summed E-state index contributed by atoms with van der Waals surface area (Å²) < 4.78 is 15.4. The highest BCUT2D eigenvalue weighted by molar-refractivity contribution is 5.77. The van der Waals surface area contributed by atoms with E-state index in [2.05, 4.69) is 57.4 Å². The van der Waals surface area contributed by atoms with Crippen LogP contribution in [0.5, 0.6) is 11.5 Å². The van der Waals surface area contributed by atoms with Crippen LogP contribution in [0.4, 0.5) is 0 Å². The fourth-order valence-corrected chi connectivity index (χ4v) is 3.33. The van der Waals surface area contributed by atoms with Crippen LogP contribution in [0.3, 0.4) is 0 Å². The molecule has 1 aliphatic rings. The van der Waals surface area contributed by atoms with E-state index in [4.69, 9.17) is 9.47 Å². The monoisotopic (exact) mass is 306 g/mol. The van der Waals surface area contributed by atoms with Gasteiger partial charge in [-0.15, -0.1) is 0 Å². The number of aryl methyl sites for hydroxylation is 1. The van der Waals surface area contributed by atoms with Crippen LogP contribution in [0, 0.1) is 0 Å². The van der Waals surface area contributed by atoms with Gasteiger partial charge in [-0.1, -0.05) is 12.1 Å². The molecule has 0 saturated heterocycles. The standard InChI is InChI=1S/C18H15N3O2/c1-2-20-14-5-3-4-6-15(14)21-10-13(19-18(20)21)12-7-8-16-17(9-12)23-11-22-16/h3-10H,2,11H2,1H3/p+1. The molecule has 5 rings (SSSR count). The van der Waals surface area contributed by atoms with Gasteiger partial charge < -0.3 is 9.47 Å². The third-order valence-electron chi connectivity index (χ3n) is 4.42. The zero-order valence-corrected chi connectivity index (χ0v) is 12.7. The van der Waals surface area contributed by atoms with E-state index in [1.54, 1.807) is 0 Å². The summed E-state index contributed by atoms with van der Waals surface area (Å²) >= 11 is 0. The number of benzene rings is 2. The Labute approximate surface area is 132 Å². The minimum Gasteiger partial charge on any atom is -0.454 e. The normalized spacial score (nSPS) is 13.3. The molecule has 114 valence electrons. The summed E-state index contributed by atoms with van der Waals surface area (Å²) in [6.07, 6.45) is 2.14. The van der Waals surface area contributed by atoms with Gasteiger partial charge in [-0.05, 0) is 37.3 Å². The maximum atomic E-state index is 5.48. The van der Waals surface area contributed by atoms with E-state index >= 15 is 0 Å². The van der Waals surface area contributed by atoms with Gasteiger partial charge in [-0.3, -0.25) is 0 Å². The van der Waals surface area contributed by atoms with Gasteiger partial charge >= 0.3 is 5.78 Å². The van der Waals surface area contributed by atoms with Crippen molar-refractivity contribution in [1.82, 2.24) is 9.38 Å². The summed E-state index contributed by atoms with van der Waals surface area (Å²) in [6, 6.07) is 14.5. The number of imidazole rings is 2. The van der Waals surface area contributed by atoms with Crippen molar-refractivity contribution in [3.63, 3.8) is 0 Å². The van der Waals surface area contributed by atoms with Crippen LogP contribution >= 0.6 is 0 Å². The molecule has 5 heteroatoms. The number of H-pyrrole nitrogens is 1. The van der Waals surface area contributed by atoms with Gasteiger partial charge in [0.1, 0.15) is 22.9 Å². The number of rotatable bonds is 2. The Bertz CT molecular complexity index is 1050. The summed E-state index contributed by atoms with van der Waals surface area (Å²) in [5.41, 5.74) is 4.59. The second-order valence-corrected chi connectivity index (χ2v) is 5.66. The average molecular weight is 306 g/mol. The van der Waals surface area contributed by atoms with Gasteiger partial charge in [0.25, 0.3) is 0 Å². The molecule has 0 aliphatic carbocycles. The third-order valence-corrected chi connectivity index (χ3v) is 4.42. The number of hydrogen-bond acceptors (Lipinski definition) is 2. The molecule has 1 N–H and O–H groups in total. The molecule has 0 amide bonds. The molecule has 1 aliphatic heterocycles. The maximum absolute atomic E-state index is 5.48. The van der Waals surface area contributed by atoms with Crippen molar-refractivity contribution < 1.29 is 14.0 Å². The maximum Gasteiger partial charge on any atom is 0.368 e. The molecule has 0 fully saturated rings. The Hall–Kier alpha value is -2.95. The second-order valence-electron chi connectivity index (χ2n) is 5.66. The van der Waals surface area contributed by atoms with Crippen LogP contribution < -0.4 is 14.0 Å². The van der Waals surface area contributed by atoms with Crippen molar-refractivity contribution in [3.05, 3.63) is 48.7 Å². The smallest absolute Gasteiger partial charge is 0.368 e. The first-order chi connectivity index (χ1) is 11.3. The van der Waals surface area contributed by atoms with Crippen LogP contribution in [0.15, 0.2) is 48.7 Å². The Kier molecular flexibility index (Phi) is 2.47. The van der Waals surface area contributed by atoms with E-state index < -0.39 is 0 Å². The molecule has 2 aromatic carbocycles. The number of hydrogen-bond donors (Lipinski definition) is 1. The minimum atomic E-state index is 0.297. The molecule has 5 nitrogen and oxygen atoms in total. The van der Waals surface area contributed by atoms with Crippen molar-refractivity contribution >= 4 is 16.8 Å². The summed E-state index contributed by atoms with van der Waals surface area (Å²) in [4.78, 5) is 3.54. The fraction of sp³-hybridized carbons (Fsp3) is 0.167. The summed E-state index contributed by atoms with van der Waals surface area (Å²) in [5, 5.41) is 0. The molecule has 0 radical (unpaired) electrons. The lowest BCUT2D eigenvalue weighted by atomic mass is 10.1. The molecule has 23 heavy (non-hydrogen) atoms. The third kappa shape index (κ3) is 1.70. The lowest BCUT2D eigenvalue weighted by molar-refractivity contribution is -0.643. The minimum absolute atomic E-state index is 0.297. The predicted octanol–water partition coefficient (Wildman–Crippen LogP) is 3.12. The molecular formula is C18H16N3O2+. The number of aromatic nitrogens is 3. The highest BCUT2D eigenvalue weighted by atomic mass is 16.7. The predicted molar refractivity (Wildman–Crippen MR) is 86.7 cm³/mol. The van der Waals surface area contributed by atoms with Gasteiger partial charge in [0.2, 0.25) is 6.79 Å². The first-order valence-corrected chi connectivity index (χ1v) is 7.77. The summed E-state index contributed by atoms with van der Waals surface area (Å²) in [7, 11) is 0. The first kappa shape index (κ1) is 12.6. The Morgan fingerprint density at radius 3 is 2.91 bits per heavy atom. The SMILES string of the molecule is CC[n+]1c2ccccc2n2cc(-c3ccc4c(c3)OCO4)[nH]c21. The topological polar surface area (TPSA) is 42.5 Å². The number of para-hydroxylation sites is 2. The molecule has 0 saturated carbocycles. The molecule has 2 aromatic heterocycles. The van der Waals surface area contributed by atoms with Crippen molar-refractivity contribution in [3.8, 4) is 22.8 Å². The number of fused-ring (bicyclic) bond motifs is 4. The van der Waals surface area contributed by atoms with Crippen LogP contribution in [-0.2, 0) is 6.54 Å². The Balaban J connectivity index is 1.74. The van der Waals surface area contributed by atoms with Crippen LogP contribution in [0.25, 0.3) is 28.1 Å². The van der Waals surface area contributed by atoms with Crippen molar-refractivity contribution in [2.75, 3.05) is 6.79 Å². The molecule has 0 spiro atoms. The van der Waals surface area contributed by atoms with Crippen LogP contribution in [-0.4, -0.2) is 16.2 Å². The van der Waals surface area contributed by atoms with Gasteiger partial charge in [-0.25, -0.2) is 9.55 Å². The van der Waals surface area contributed by atoms with E-state index in [0.29, 0.717) is 6.79 Å². The average Bonchev–Trinajstić information content (AvgIpc) is 3.27. The summed E-state index contributed by atoms with van der Waals surface area (Å²) in [6.45, 7) is 3.37.